The highest BCUT2D eigenvalue weighted by Gasteiger charge is 2.24. The lowest BCUT2D eigenvalue weighted by molar-refractivity contribution is 0.0741. The standard InChI is InChI=1S/C16H15N5OS2/c22-15(12-4-1-2-6-17-12)20-7-9-21(10-8-20)16-19-18-14(24-16)13-5-3-11-23-13/h1-6,11H,7-10H2. The van der Waals surface area contributed by atoms with E-state index in [9.17, 15) is 4.79 Å². The van der Waals surface area contributed by atoms with Crippen molar-refractivity contribution in [1.82, 2.24) is 20.1 Å². The molecule has 0 saturated carbocycles. The minimum atomic E-state index is -0.00760. The number of aromatic nitrogens is 3. The fourth-order valence-electron chi connectivity index (χ4n) is 2.60. The number of carbonyl (C=O) groups is 1. The van der Waals surface area contributed by atoms with Crippen molar-refractivity contribution in [2.75, 3.05) is 31.1 Å². The van der Waals surface area contributed by atoms with E-state index in [4.69, 9.17) is 0 Å². The van der Waals surface area contributed by atoms with Crippen LogP contribution in [0.1, 0.15) is 10.5 Å². The summed E-state index contributed by atoms with van der Waals surface area (Å²) < 4.78 is 0. The maximum absolute atomic E-state index is 12.4. The molecule has 4 heterocycles. The van der Waals surface area contributed by atoms with Gasteiger partial charge < -0.3 is 9.80 Å². The Kier molecular flexibility index (Phi) is 4.22. The Bertz CT molecular complexity index is 810. The van der Waals surface area contributed by atoms with Crippen LogP contribution >= 0.6 is 22.7 Å². The summed E-state index contributed by atoms with van der Waals surface area (Å²) in [6.45, 7) is 2.86. The van der Waals surface area contributed by atoms with Crippen LogP contribution < -0.4 is 4.90 Å². The molecule has 0 radical (unpaired) electrons. The average Bonchev–Trinajstić information content (AvgIpc) is 3.33. The molecule has 0 spiro atoms. The van der Waals surface area contributed by atoms with E-state index in [1.165, 1.54) is 0 Å². The lowest BCUT2D eigenvalue weighted by Crippen LogP contribution is -2.49. The number of piperazine rings is 1. The lowest BCUT2D eigenvalue weighted by Gasteiger charge is -2.34. The normalized spacial score (nSPS) is 14.8. The number of carbonyl (C=O) groups excluding carboxylic acids is 1. The molecule has 3 aromatic heterocycles. The topological polar surface area (TPSA) is 62.2 Å². The van der Waals surface area contributed by atoms with Crippen molar-refractivity contribution in [1.29, 1.82) is 0 Å². The van der Waals surface area contributed by atoms with Gasteiger partial charge in [-0.25, -0.2) is 0 Å². The molecule has 1 amide bonds. The first-order valence-electron chi connectivity index (χ1n) is 7.64. The summed E-state index contributed by atoms with van der Waals surface area (Å²) in [6.07, 6.45) is 1.65. The maximum Gasteiger partial charge on any atom is 0.272 e. The number of anilines is 1. The third-order valence-corrected chi connectivity index (χ3v) is 5.89. The smallest absolute Gasteiger partial charge is 0.272 e. The Morgan fingerprint density at radius 3 is 2.62 bits per heavy atom. The Morgan fingerprint density at radius 2 is 1.92 bits per heavy atom. The third-order valence-electron chi connectivity index (χ3n) is 3.87. The molecule has 24 heavy (non-hydrogen) atoms. The van der Waals surface area contributed by atoms with Gasteiger partial charge in [-0.2, -0.15) is 0 Å². The van der Waals surface area contributed by atoms with Crippen molar-refractivity contribution in [2.24, 2.45) is 0 Å². The highest BCUT2D eigenvalue weighted by Crippen LogP contribution is 2.31. The van der Waals surface area contributed by atoms with Crippen LogP contribution in [0.2, 0.25) is 0 Å². The fourth-order valence-corrected chi connectivity index (χ4v) is 4.28. The van der Waals surface area contributed by atoms with Crippen LogP contribution in [0, 0.1) is 0 Å². The van der Waals surface area contributed by atoms with Crippen molar-refractivity contribution in [3.63, 3.8) is 0 Å². The number of pyridine rings is 1. The molecule has 1 aliphatic rings. The van der Waals surface area contributed by atoms with Crippen LogP contribution in [0.3, 0.4) is 0 Å². The molecule has 0 atom stereocenters. The summed E-state index contributed by atoms with van der Waals surface area (Å²) >= 11 is 3.27. The number of hydrogen-bond donors (Lipinski definition) is 0. The predicted molar refractivity (Wildman–Crippen MR) is 95.6 cm³/mol. The Labute approximate surface area is 147 Å². The number of amides is 1. The second-order valence-corrected chi connectivity index (χ2v) is 7.26. The fraction of sp³-hybridized carbons (Fsp3) is 0.250. The maximum atomic E-state index is 12.4. The van der Waals surface area contributed by atoms with Gasteiger partial charge in [-0.1, -0.05) is 23.5 Å². The van der Waals surface area contributed by atoms with Gasteiger partial charge in [0, 0.05) is 32.4 Å². The summed E-state index contributed by atoms with van der Waals surface area (Å²) in [7, 11) is 0. The zero-order valence-corrected chi connectivity index (χ0v) is 14.5. The minimum Gasteiger partial charge on any atom is -0.343 e. The van der Waals surface area contributed by atoms with E-state index < -0.39 is 0 Å². The Hall–Kier alpha value is -2.32. The van der Waals surface area contributed by atoms with Crippen LogP contribution in [0.15, 0.2) is 41.9 Å². The Balaban J connectivity index is 1.40. The molecule has 6 nitrogen and oxygen atoms in total. The van der Waals surface area contributed by atoms with E-state index >= 15 is 0 Å². The predicted octanol–water partition coefficient (Wildman–Crippen LogP) is 2.62. The van der Waals surface area contributed by atoms with Crippen molar-refractivity contribution in [3.8, 4) is 9.88 Å². The van der Waals surface area contributed by atoms with Crippen molar-refractivity contribution >= 4 is 33.7 Å². The van der Waals surface area contributed by atoms with E-state index in [0.717, 1.165) is 28.1 Å². The molecule has 0 bridgehead atoms. The van der Waals surface area contributed by atoms with Gasteiger partial charge in [0.25, 0.3) is 5.91 Å². The monoisotopic (exact) mass is 357 g/mol. The molecule has 122 valence electrons. The van der Waals surface area contributed by atoms with E-state index in [0.29, 0.717) is 18.8 Å². The molecule has 3 aromatic rings. The summed E-state index contributed by atoms with van der Waals surface area (Å²) in [5.41, 5.74) is 0.502. The van der Waals surface area contributed by atoms with Gasteiger partial charge in [0.1, 0.15) is 5.69 Å². The van der Waals surface area contributed by atoms with Crippen LogP contribution in [-0.4, -0.2) is 52.2 Å². The molecule has 4 rings (SSSR count). The molecule has 1 fully saturated rings. The first-order valence-corrected chi connectivity index (χ1v) is 9.33. The van der Waals surface area contributed by atoms with Gasteiger partial charge in [-0.3, -0.25) is 9.78 Å². The molecular weight excluding hydrogens is 342 g/mol. The number of thiophene rings is 1. The summed E-state index contributed by atoms with van der Waals surface area (Å²) in [5, 5.41) is 12.5. The van der Waals surface area contributed by atoms with Crippen LogP contribution in [0.5, 0.6) is 0 Å². The van der Waals surface area contributed by atoms with Crippen molar-refractivity contribution < 1.29 is 4.79 Å². The molecule has 0 aromatic carbocycles. The van der Waals surface area contributed by atoms with E-state index in [-0.39, 0.29) is 5.91 Å². The third kappa shape index (κ3) is 3.02. The first kappa shape index (κ1) is 15.2. The minimum absolute atomic E-state index is 0.00760. The largest absolute Gasteiger partial charge is 0.343 e. The van der Waals surface area contributed by atoms with Gasteiger partial charge in [-0.05, 0) is 23.6 Å². The highest BCUT2D eigenvalue weighted by molar-refractivity contribution is 7.22. The number of nitrogens with zero attached hydrogens (tertiary/aromatic N) is 5. The zero-order valence-electron chi connectivity index (χ0n) is 12.8. The molecule has 1 saturated heterocycles. The van der Waals surface area contributed by atoms with E-state index in [2.05, 4.69) is 26.1 Å². The molecular formula is C16H15N5OS2. The molecule has 0 aliphatic carbocycles. The average molecular weight is 357 g/mol. The van der Waals surface area contributed by atoms with Gasteiger partial charge in [-0.15, -0.1) is 21.5 Å². The summed E-state index contributed by atoms with van der Waals surface area (Å²) in [5.74, 6) is -0.00760. The second-order valence-electron chi connectivity index (χ2n) is 5.36. The van der Waals surface area contributed by atoms with Crippen LogP contribution in [0.4, 0.5) is 5.13 Å². The lowest BCUT2D eigenvalue weighted by atomic mass is 10.2. The highest BCUT2D eigenvalue weighted by atomic mass is 32.1. The molecule has 0 N–H and O–H groups in total. The second kappa shape index (κ2) is 6.66. The van der Waals surface area contributed by atoms with Crippen molar-refractivity contribution in [2.45, 2.75) is 0 Å². The van der Waals surface area contributed by atoms with Gasteiger partial charge in [0.05, 0.1) is 4.88 Å². The van der Waals surface area contributed by atoms with E-state index in [1.807, 2.05) is 28.5 Å². The molecule has 1 aliphatic heterocycles. The summed E-state index contributed by atoms with van der Waals surface area (Å²) in [4.78, 5) is 21.7. The number of hydrogen-bond acceptors (Lipinski definition) is 7. The zero-order chi connectivity index (χ0) is 16.4. The quantitative estimate of drug-likeness (QED) is 0.721. The molecule has 0 unspecified atom stereocenters. The molecule has 8 heteroatoms. The van der Waals surface area contributed by atoms with Crippen molar-refractivity contribution in [3.05, 3.63) is 47.6 Å². The SMILES string of the molecule is O=C(c1ccccn1)N1CCN(c2nnc(-c3cccs3)s2)CC1. The summed E-state index contributed by atoms with van der Waals surface area (Å²) in [6, 6.07) is 9.48. The van der Waals surface area contributed by atoms with Gasteiger partial charge in [0.15, 0.2) is 5.01 Å². The Morgan fingerprint density at radius 1 is 1.04 bits per heavy atom. The van der Waals surface area contributed by atoms with Crippen LogP contribution in [0.25, 0.3) is 9.88 Å². The van der Waals surface area contributed by atoms with Gasteiger partial charge in [0.2, 0.25) is 5.13 Å². The first-order chi connectivity index (χ1) is 11.8. The number of rotatable bonds is 3. The van der Waals surface area contributed by atoms with Crippen LogP contribution in [-0.2, 0) is 0 Å². The van der Waals surface area contributed by atoms with Gasteiger partial charge >= 0.3 is 0 Å². The van der Waals surface area contributed by atoms with E-state index in [1.54, 1.807) is 34.9 Å².